The maximum Gasteiger partial charge on any atom is 0.573 e. The predicted molar refractivity (Wildman–Crippen MR) is 86.5 cm³/mol. The second kappa shape index (κ2) is 6.77. The molecule has 0 unspecified atom stereocenters. The van der Waals surface area contributed by atoms with E-state index in [-0.39, 0.29) is 5.75 Å². The Balaban J connectivity index is 2.59. The minimum absolute atomic E-state index is 0.235. The number of ether oxygens (including phenoxy) is 1. The van der Waals surface area contributed by atoms with Crippen molar-refractivity contribution in [2.45, 2.75) is 20.2 Å². The molecular formula is C18H18F3NO. The Morgan fingerprint density at radius 1 is 1.00 bits per heavy atom. The molecule has 2 rings (SSSR count). The van der Waals surface area contributed by atoms with E-state index in [1.807, 2.05) is 44.2 Å². The molecule has 0 saturated carbocycles. The zero-order chi connectivity index (χ0) is 17.0. The van der Waals surface area contributed by atoms with Crippen molar-refractivity contribution in [1.29, 1.82) is 0 Å². The molecule has 0 aliphatic carbocycles. The summed E-state index contributed by atoms with van der Waals surface area (Å²) in [5, 5.41) is 3.02. The lowest BCUT2D eigenvalue weighted by Gasteiger charge is -2.17. The van der Waals surface area contributed by atoms with Gasteiger partial charge in [-0.2, -0.15) is 0 Å². The highest BCUT2D eigenvalue weighted by atomic mass is 19.4. The van der Waals surface area contributed by atoms with Crippen LogP contribution in [0.5, 0.6) is 5.75 Å². The van der Waals surface area contributed by atoms with Gasteiger partial charge in [-0.3, -0.25) is 0 Å². The van der Waals surface area contributed by atoms with Gasteiger partial charge in [0.1, 0.15) is 5.75 Å². The van der Waals surface area contributed by atoms with Gasteiger partial charge in [-0.1, -0.05) is 35.9 Å². The maximum atomic E-state index is 12.5. The molecule has 5 heteroatoms. The van der Waals surface area contributed by atoms with Gasteiger partial charge >= 0.3 is 6.36 Å². The standard InChI is InChI=1S/C18H18F3NO/c1-12(2)17(13-7-5-4-6-8-13)15-11-14(23-18(19,20)21)9-10-16(15)22-3/h4-11,22H,1-3H3. The van der Waals surface area contributed by atoms with Crippen LogP contribution in [0.1, 0.15) is 25.0 Å². The molecule has 2 aromatic rings. The number of alkyl halides is 3. The van der Waals surface area contributed by atoms with E-state index >= 15 is 0 Å². The van der Waals surface area contributed by atoms with E-state index in [0.29, 0.717) is 5.56 Å². The largest absolute Gasteiger partial charge is 0.573 e. The first kappa shape index (κ1) is 16.9. The number of benzene rings is 2. The molecule has 0 saturated heterocycles. The van der Waals surface area contributed by atoms with Crippen LogP contribution in [-0.4, -0.2) is 13.4 Å². The van der Waals surface area contributed by atoms with Gasteiger partial charge in [0.15, 0.2) is 0 Å². The highest BCUT2D eigenvalue weighted by Gasteiger charge is 2.31. The van der Waals surface area contributed by atoms with E-state index in [0.717, 1.165) is 22.4 Å². The minimum atomic E-state index is -4.71. The van der Waals surface area contributed by atoms with Gasteiger partial charge in [-0.05, 0) is 43.2 Å². The summed E-state index contributed by atoms with van der Waals surface area (Å²) in [4.78, 5) is 0. The van der Waals surface area contributed by atoms with Crippen LogP contribution >= 0.6 is 0 Å². The third-order valence-corrected chi connectivity index (χ3v) is 3.33. The normalized spacial score (nSPS) is 11.0. The number of hydrogen-bond donors (Lipinski definition) is 1. The number of halogens is 3. The maximum absolute atomic E-state index is 12.5. The Kier molecular flexibility index (Phi) is 4.98. The van der Waals surface area contributed by atoms with E-state index in [1.165, 1.54) is 12.1 Å². The first-order chi connectivity index (χ1) is 10.8. The molecule has 122 valence electrons. The van der Waals surface area contributed by atoms with E-state index in [1.54, 1.807) is 13.1 Å². The minimum Gasteiger partial charge on any atom is -0.406 e. The first-order valence-corrected chi connectivity index (χ1v) is 7.12. The summed E-state index contributed by atoms with van der Waals surface area (Å²) in [6.45, 7) is 3.86. The molecule has 2 aromatic carbocycles. The predicted octanol–water partition coefficient (Wildman–Crippen LogP) is 5.47. The zero-order valence-corrected chi connectivity index (χ0v) is 13.2. The third kappa shape index (κ3) is 4.28. The van der Waals surface area contributed by atoms with Gasteiger partial charge in [0, 0.05) is 18.3 Å². The van der Waals surface area contributed by atoms with Crippen molar-refractivity contribution in [3.8, 4) is 5.75 Å². The first-order valence-electron chi connectivity index (χ1n) is 7.12. The van der Waals surface area contributed by atoms with Crippen LogP contribution in [0.2, 0.25) is 0 Å². The molecule has 0 atom stereocenters. The lowest BCUT2D eigenvalue weighted by Crippen LogP contribution is -2.17. The number of nitrogens with one attached hydrogen (secondary N) is 1. The van der Waals surface area contributed by atoms with E-state index in [9.17, 15) is 13.2 Å². The number of hydrogen-bond acceptors (Lipinski definition) is 2. The Hall–Kier alpha value is -2.43. The van der Waals surface area contributed by atoms with Crippen molar-refractivity contribution in [2.75, 3.05) is 12.4 Å². The van der Waals surface area contributed by atoms with Gasteiger partial charge in [-0.25, -0.2) is 0 Å². The van der Waals surface area contributed by atoms with Crippen molar-refractivity contribution < 1.29 is 17.9 Å². The number of allylic oxidation sites excluding steroid dienone is 1. The van der Waals surface area contributed by atoms with Crippen LogP contribution < -0.4 is 10.1 Å². The molecule has 0 amide bonds. The summed E-state index contributed by atoms with van der Waals surface area (Å²) < 4.78 is 41.5. The van der Waals surface area contributed by atoms with Crippen LogP contribution in [0.15, 0.2) is 54.1 Å². The fourth-order valence-electron chi connectivity index (χ4n) is 2.46. The molecule has 0 heterocycles. The fraction of sp³-hybridized carbons (Fsp3) is 0.222. The zero-order valence-electron chi connectivity index (χ0n) is 13.2. The van der Waals surface area contributed by atoms with Crippen molar-refractivity contribution in [1.82, 2.24) is 0 Å². The van der Waals surface area contributed by atoms with Gasteiger partial charge in [0.05, 0.1) is 0 Å². The van der Waals surface area contributed by atoms with Crippen LogP contribution in [0.3, 0.4) is 0 Å². The van der Waals surface area contributed by atoms with Gasteiger partial charge in [0.2, 0.25) is 0 Å². The van der Waals surface area contributed by atoms with Gasteiger partial charge in [0.25, 0.3) is 0 Å². The van der Waals surface area contributed by atoms with Crippen molar-refractivity contribution in [3.05, 3.63) is 65.2 Å². The molecule has 2 nitrogen and oxygen atoms in total. The molecule has 0 radical (unpaired) electrons. The van der Waals surface area contributed by atoms with Crippen LogP contribution in [-0.2, 0) is 0 Å². The Morgan fingerprint density at radius 2 is 1.65 bits per heavy atom. The lowest BCUT2D eigenvalue weighted by molar-refractivity contribution is -0.274. The monoisotopic (exact) mass is 321 g/mol. The van der Waals surface area contributed by atoms with E-state index in [4.69, 9.17) is 0 Å². The SMILES string of the molecule is CNc1ccc(OC(F)(F)F)cc1C(=C(C)C)c1ccccc1. The Bertz CT molecular complexity index is 702. The Morgan fingerprint density at radius 3 is 2.17 bits per heavy atom. The summed E-state index contributed by atoms with van der Waals surface area (Å²) in [6.07, 6.45) is -4.71. The molecule has 0 aromatic heterocycles. The number of anilines is 1. The van der Waals surface area contributed by atoms with Crippen molar-refractivity contribution in [3.63, 3.8) is 0 Å². The fourth-order valence-corrected chi connectivity index (χ4v) is 2.46. The summed E-state index contributed by atoms with van der Waals surface area (Å²) in [6, 6.07) is 13.8. The second-order valence-electron chi connectivity index (χ2n) is 5.25. The van der Waals surface area contributed by atoms with E-state index in [2.05, 4.69) is 10.1 Å². The Labute approximate surface area is 133 Å². The molecule has 0 bridgehead atoms. The summed E-state index contributed by atoms with van der Waals surface area (Å²) in [5.74, 6) is -0.235. The van der Waals surface area contributed by atoms with Gasteiger partial charge in [-0.15, -0.1) is 13.2 Å². The molecule has 23 heavy (non-hydrogen) atoms. The summed E-state index contributed by atoms with van der Waals surface area (Å²) in [5.41, 5.74) is 4.22. The second-order valence-corrected chi connectivity index (χ2v) is 5.25. The van der Waals surface area contributed by atoms with E-state index < -0.39 is 6.36 Å². The molecule has 0 spiro atoms. The smallest absolute Gasteiger partial charge is 0.406 e. The molecule has 0 aliphatic heterocycles. The van der Waals surface area contributed by atoms with Crippen LogP contribution in [0, 0.1) is 0 Å². The van der Waals surface area contributed by atoms with Crippen LogP contribution in [0.25, 0.3) is 5.57 Å². The summed E-state index contributed by atoms with van der Waals surface area (Å²) in [7, 11) is 1.73. The lowest BCUT2D eigenvalue weighted by atomic mass is 9.92. The molecule has 0 fully saturated rings. The van der Waals surface area contributed by atoms with Crippen molar-refractivity contribution in [2.24, 2.45) is 0 Å². The molecule has 0 aliphatic rings. The third-order valence-electron chi connectivity index (χ3n) is 3.33. The van der Waals surface area contributed by atoms with Crippen molar-refractivity contribution >= 4 is 11.3 Å². The van der Waals surface area contributed by atoms with Gasteiger partial charge < -0.3 is 10.1 Å². The quantitative estimate of drug-likeness (QED) is 0.806. The molecular weight excluding hydrogens is 303 g/mol. The summed E-state index contributed by atoms with van der Waals surface area (Å²) >= 11 is 0. The highest BCUT2D eigenvalue weighted by molar-refractivity contribution is 5.88. The average Bonchev–Trinajstić information content (AvgIpc) is 2.47. The topological polar surface area (TPSA) is 21.3 Å². The molecule has 1 N–H and O–H groups in total. The number of rotatable bonds is 4. The highest BCUT2D eigenvalue weighted by Crippen LogP contribution is 2.35. The average molecular weight is 321 g/mol. The van der Waals surface area contributed by atoms with Crippen LogP contribution in [0.4, 0.5) is 18.9 Å².